The minimum absolute atomic E-state index is 0.0191. The van der Waals surface area contributed by atoms with Crippen LogP contribution >= 0.6 is 0 Å². The van der Waals surface area contributed by atoms with Crippen LogP contribution < -0.4 is 9.64 Å². The minimum Gasteiger partial charge on any atom is -0.487 e. The van der Waals surface area contributed by atoms with Crippen molar-refractivity contribution in [2.75, 3.05) is 45.2 Å². The quantitative estimate of drug-likeness (QED) is 0.805. The molecule has 3 heterocycles. The molecule has 0 spiro atoms. The van der Waals surface area contributed by atoms with E-state index in [0.717, 1.165) is 31.6 Å². The van der Waals surface area contributed by atoms with Crippen molar-refractivity contribution in [2.45, 2.75) is 29.9 Å². The number of ether oxygens (including phenoxy) is 1. The molecule has 0 aromatic heterocycles. The van der Waals surface area contributed by atoms with E-state index in [0.29, 0.717) is 29.8 Å². The average molecular weight is 337 g/mol. The van der Waals surface area contributed by atoms with Gasteiger partial charge in [-0.2, -0.15) is 4.31 Å². The minimum atomic E-state index is -3.48. The van der Waals surface area contributed by atoms with Gasteiger partial charge < -0.3 is 14.5 Å². The van der Waals surface area contributed by atoms with Gasteiger partial charge in [-0.3, -0.25) is 0 Å². The molecule has 0 N–H and O–H groups in total. The van der Waals surface area contributed by atoms with Gasteiger partial charge in [0.05, 0.1) is 12.2 Å². The van der Waals surface area contributed by atoms with Crippen molar-refractivity contribution < 1.29 is 13.2 Å². The van der Waals surface area contributed by atoms with Crippen LogP contribution in [0.15, 0.2) is 23.1 Å². The number of hydrogen-bond acceptors (Lipinski definition) is 5. The molecule has 1 aromatic carbocycles. The molecule has 23 heavy (non-hydrogen) atoms. The van der Waals surface area contributed by atoms with Gasteiger partial charge in [-0.15, -0.1) is 0 Å². The fourth-order valence-corrected chi connectivity index (χ4v) is 5.61. The molecule has 2 fully saturated rings. The number of nitrogens with zero attached hydrogens (tertiary/aromatic N) is 3. The first-order valence-electron chi connectivity index (χ1n) is 8.18. The predicted octanol–water partition coefficient (Wildman–Crippen LogP) is 0.982. The second kappa shape index (κ2) is 5.36. The van der Waals surface area contributed by atoms with Crippen molar-refractivity contribution in [1.82, 2.24) is 9.21 Å². The molecular formula is C16H23N3O3S. The van der Waals surface area contributed by atoms with Gasteiger partial charge in [-0.05, 0) is 39.1 Å². The molecule has 0 saturated carbocycles. The maximum Gasteiger partial charge on any atom is 0.248 e. The van der Waals surface area contributed by atoms with E-state index >= 15 is 0 Å². The van der Waals surface area contributed by atoms with Gasteiger partial charge in [0.2, 0.25) is 10.0 Å². The smallest absolute Gasteiger partial charge is 0.248 e. The molecule has 126 valence electrons. The highest BCUT2D eigenvalue weighted by Crippen LogP contribution is 2.41. The van der Waals surface area contributed by atoms with Crippen LogP contribution in [0.4, 0.5) is 5.69 Å². The first kappa shape index (κ1) is 15.2. The Bertz CT molecular complexity index is 719. The van der Waals surface area contributed by atoms with Gasteiger partial charge in [-0.1, -0.05) is 6.07 Å². The van der Waals surface area contributed by atoms with Gasteiger partial charge >= 0.3 is 0 Å². The molecule has 1 aromatic rings. The lowest BCUT2D eigenvalue weighted by atomic mass is 10.2. The molecule has 3 atom stereocenters. The van der Waals surface area contributed by atoms with Crippen LogP contribution in [0.25, 0.3) is 0 Å². The van der Waals surface area contributed by atoms with Crippen LogP contribution in [0.1, 0.15) is 12.8 Å². The highest BCUT2D eigenvalue weighted by molar-refractivity contribution is 7.89. The normalized spacial score (nSPS) is 31.8. The summed E-state index contributed by atoms with van der Waals surface area (Å²) in [7, 11) is 0.667. The first-order chi connectivity index (χ1) is 11.0. The summed E-state index contributed by atoms with van der Waals surface area (Å²) in [5.41, 5.74) is 0.791. The summed E-state index contributed by atoms with van der Waals surface area (Å²) in [5, 5.41) is 0. The van der Waals surface area contributed by atoms with Crippen molar-refractivity contribution in [3.63, 3.8) is 0 Å². The Kier molecular flexibility index (Phi) is 3.55. The van der Waals surface area contributed by atoms with Gasteiger partial charge in [0, 0.05) is 25.7 Å². The van der Waals surface area contributed by atoms with Gasteiger partial charge in [0.25, 0.3) is 0 Å². The highest BCUT2D eigenvalue weighted by atomic mass is 32.2. The highest BCUT2D eigenvalue weighted by Gasteiger charge is 2.42. The summed E-state index contributed by atoms with van der Waals surface area (Å²) in [5.74, 6) is 0.517. The molecule has 7 heteroatoms. The van der Waals surface area contributed by atoms with E-state index in [1.54, 1.807) is 10.4 Å². The summed E-state index contributed by atoms with van der Waals surface area (Å²) in [6.07, 6.45) is 1.80. The Morgan fingerprint density at radius 3 is 2.74 bits per heavy atom. The van der Waals surface area contributed by atoms with E-state index in [4.69, 9.17) is 4.74 Å². The third kappa shape index (κ3) is 2.42. The number of anilines is 1. The summed E-state index contributed by atoms with van der Waals surface area (Å²) >= 11 is 0. The summed E-state index contributed by atoms with van der Waals surface area (Å²) in [6, 6.07) is 6.06. The number of rotatable bonds is 2. The second-order valence-electron chi connectivity index (χ2n) is 6.85. The van der Waals surface area contributed by atoms with Crippen molar-refractivity contribution in [1.29, 1.82) is 0 Å². The third-order valence-corrected chi connectivity index (χ3v) is 7.13. The number of benzene rings is 1. The maximum absolute atomic E-state index is 13.1. The summed E-state index contributed by atoms with van der Waals surface area (Å²) < 4.78 is 33.7. The lowest BCUT2D eigenvalue weighted by Gasteiger charge is -2.26. The predicted molar refractivity (Wildman–Crippen MR) is 88.5 cm³/mol. The molecule has 6 nitrogen and oxygen atoms in total. The molecule has 2 bridgehead atoms. The average Bonchev–Trinajstić information content (AvgIpc) is 3.13. The third-order valence-electron chi connectivity index (χ3n) is 5.19. The largest absolute Gasteiger partial charge is 0.487 e. The van der Waals surface area contributed by atoms with Gasteiger partial charge in [0.15, 0.2) is 0 Å². The van der Waals surface area contributed by atoms with Crippen molar-refractivity contribution >= 4 is 15.7 Å². The zero-order valence-corrected chi connectivity index (χ0v) is 14.4. The molecule has 4 rings (SSSR count). The molecule has 0 amide bonds. The number of likely N-dealkylation sites (N-methyl/N-ethyl adjacent to an activating group) is 1. The van der Waals surface area contributed by atoms with Crippen LogP contribution in [0.3, 0.4) is 0 Å². The molecule has 3 aliphatic heterocycles. The molecule has 2 saturated heterocycles. The Morgan fingerprint density at radius 1 is 1.17 bits per heavy atom. The van der Waals surface area contributed by atoms with E-state index in [9.17, 15) is 8.42 Å². The van der Waals surface area contributed by atoms with Crippen LogP contribution in [-0.2, 0) is 10.0 Å². The van der Waals surface area contributed by atoms with E-state index in [1.165, 1.54) is 0 Å². The monoisotopic (exact) mass is 337 g/mol. The SMILES string of the molecule is CN(C)[C@H]1CCN(c2cccc3c2S(=O)(=O)N2CC[C@@H](C2)O3)C1. The zero-order valence-electron chi connectivity index (χ0n) is 13.6. The van der Waals surface area contributed by atoms with Crippen LogP contribution in [0, 0.1) is 0 Å². The Labute approximate surface area is 137 Å². The lowest BCUT2D eigenvalue weighted by molar-refractivity contribution is 0.215. The second-order valence-corrected chi connectivity index (χ2v) is 8.72. The molecule has 0 aliphatic carbocycles. The van der Waals surface area contributed by atoms with E-state index < -0.39 is 10.0 Å². The lowest BCUT2D eigenvalue weighted by Crippen LogP contribution is -2.33. The molecule has 3 aliphatic rings. The van der Waals surface area contributed by atoms with E-state index in [1.807, 2.05) is 12.1 Å². The van der Waals surface area contributed by atoms with Gasteiger partial charge in [-0.25, -0.2) is 8.42 Å². The van der Waals surface area contributed by atoms with E-state index in [-0.39, 0.29) is 6.10 Å². The zero-order chi connectivity index (χ0) is 16.2. The maximum atomic E-state index is 13.1. The summed E-state index contributed by atoms with van der Waals surface area (Å²) in [6.45, 7) is 2.75. The first-order valence-corrected chi connectivity index (χ1v) is 9.62. The van der Waals surface area contributed by atoms with Crippen LogP contribution in [0.2, 0.25) is 0 Å². The Hall–Kier alpha value is -1.31. The van der Waals surface area contributed by atoms with E-state index in [2.05, 4.69) is 23.9 Å². The van der Waals surface area contributed by atoms with Crippen molar-refractivity contribution in [3.05, 3.63) is 18.2 Å². The summed E-state index contributed by atoms with van der Waals surface area (Å²) in [4.78, 5) is 4.75. The Morgan fingerprint density at radius 2 is 2.00 bits per heavy atom. The van der Waals surface area contributed by atoms with Crippen molar-refractivity contribution in [2.24, 2.45) is 0 Å². The fraction of sp³-hybridized carbons (Fsp3) is 0.625. The van der Waals surface area contributed by atoms with Crippen LogP contribution in [-0.4, -0.2) is 70.0 Å². The molecule has 1 unspecified atom stereocenters. The van der Waals surface area contributed by atoms with Crippen molar-refractivity contribution in [3.8, 4) is 5.75 Å². The standard InChI is InChI=1S/C16H23N3O3S/c1-17(2)12-6-8-18(10-12)14-4-3-5-15-16(14)23(20,21)19-9-7-13(11-19)22-15/h3-5,12-13H,6-11H2,1-2H3/t12-,13-/m0/s1. The fourth-order valence-electron chi connectivity index (χ4n) is 3.81. The van der Waals surface area contributed by atoms with Crippen LogP contribution in [0.5, 0.6) is 5.75 Å². The number of hydrogen-bond donors (Lipinski definition) is 0. The molecular weight excluding hydrogens is 314 g/mol. The number of sulfonamides is 1. The molecule has 0 radical (unpaired) electrons. The Balaban J connectivity index is 1.78. The topological polar surface area (TPSA) is 53.1 Å². The van der Waals surface area contributed by atoms with Gasteiger partial charge in [0.1, 0.15) is 16.7 Å². The number of fused-ring (bicyclic) bond motifs is 3.